The SMILES string of the molecule is COc1c(C=O)cc(C(C)C)cc1C=O. The summed E-state index contributed by atoms with van der Waals surface area (Å²) in [5, 5.41) is 0. The Labute approximate surface area is 89.1 Å². The van der Waals surface area contributed by atoms with Crippen LogP contribution in [-0.2, 0) is 0 Å². The van der Waals surface area contributed by atoms with E-state index in [-0.39, 0.29) is 5.92 Å². The molecule has 0 atom stereocenters. The number of carbonyl (C=O) groups is 2. The summed E-state index contributed by atoms with van der Waals surface area (Å²) in [7, 11) is 1.45. The summed E-state index contributed by atoms with van der Waals surface area (Å²) < 4.78 is 5.03. The van der Waals surface area contributed by atoms with Crippen LogP contribution in [0.4, 0.5) is 0 Å². The maximum atomic E-state index is 10.8. The fraction of sp³-hybridized carbons (Fsp3) is 0.333. The maximum absolute atomic E-state index is 10.8. The van der Waals surface area contributed by atoms with Crippen LogP contribution in [0.15, 0.2) is 12.1 Å². The monoisotopic (exact) mass is 206 g/mol. The van der Waals surface area contributed by atoms with E-state index >= 15 is 0 Å². The third kappa shape index (κ3) is 2.24. The molecule has 0 N–H and O–H groups in total. The van der Waals surface area contributed by atoms with Crippen LogP contribution in [0.25, 0.3) is 0 Å². The molecule has 0 aliphatic rings. The first-order chi connectivity index (χ1) is 7.13. The fourth-order valence-corrected chi connectivity index (χ4v) is 1.44. The van der Waals surface area contributed by atoms with Crippen molar-refractivity contribution in [3.05, 3.63) is 28.8 Å². The standard InChI is InChI=1S/C12H14O3/c1-8(2)9-4-10(6-13)12(15-3)11(5-9)7-14/h4-8H,1-3H3. The molecule has 15 heavy (non-hydrogen) atoms. The number of aldehydes is 2. The van der Waals surface area contributed by atoms with Gasteiger partial charge in [0.05, 0.1) is 18.2 Å². The Bertz CT molecular complexity index is 351. The minimum absolute atomic E-state index is 0.272. The van der Waals surface area contributed by atoms with Crippen molar-refractivity contribution < 1.29 is 14.3 Å². The Morgan fingerprint density at radius 1 is 1.13 bits per heavy atom. The van der Waals surface area contributed by atoms with Gasteiger partial charge in [0.1, 0.15) is 5.75 Å². The van der Waals surface area contributed by atoms with Gasteiger partial charge in [-0.25, -0.2) is 0 Å². The average molecular weight is 206 g/mol. The molecule has 3 heteroatoms. The van der Waals surface area contributed by atoms with E-state index in [4.69, 9.17) is 4.74 Å². The van der Waals surface area contributed by atoms with Gasteiger partial charge in [-0.05, 0) is 23.6 Å². The van der Waals surface area contributed by atoms with Gasteiger partial charge in [-0.1, -0.05) is 13.8 Å². The van der Waals surface area contributed by atoms with Crippen LogP contribution in [0.3, 0.4) is 0 Å². The van der Waals surface area contributed by atoms with Crippen molar-refractivity contribution in [1.29, 1.82) is 0 Å². The number of hydrogen-bond acceptors (Lipinski definition) is 3. The first-order valence-electron chi connectivity index (χ1n) is 4.76. The first-order valence-corrected chi connectivity index (χ1v) is 4.76. The quantitative estimate of drug-likeness (QED) is 0.710. The van der Waals surface area contributed by atoms with Crippen LogP contribution in [0.5, 0.6) is 5.75 Å². The molecule has 0 radical (unpaired) electrons. The highest BCUT2D eigenvalue weighted by Gasteiger charge is 2.12. The maximum Gasteiger partial charge on any atom is 0.153 e. The minimum atomic E-state index is 0.272. The minimum Gasteiger partial charge on any atom is -0.495 e. The van der Waals surface area contributed by atoms with E-state index in [0.717, 1.165) is 5.56 Å². The lowest BCUT2D eigenvalue weighted by atomic mass is 9.97. The van der Waals surface area contributed by atoms with Crippen molar-refractivity contribution in [2.75, 3.05) is 7.11 Å². The summed E-state index contributed by atoms with van der Waals surface area (Å²) >= 11 is 0. The molecule has 1 rings (SSSR count). The van der Waals surface area contributed by atoms with E-state index in [1.165, 1.54) is 7.11 Å². The Balaban J connectivity index is 3.41. The Hall–Kier alpha value is -1.64. The smallest absolute Gasteiger partial charge is 0.153 e. The lowest BCUT2D eigenvalue weighted by Crippen LogP contribution is -1.99. The van der Waals surface area contributed by atoms with Gasteiger partial charge in [0.15, 0.2) is 12.6 Å². The number of hydrogen-bond donors (Lipinski definition) is 0. The first kappa shape index (κ1) is 11.4. The van der Waals surface area contributed by atoms with Gasteiger partial charge in [0, 0.05) is 0 Å². The fourth-order valence-electron chi connectivity index (χ4n) is 1.44. The van der Waals surface area contributed by atoms with Gasteiger partial charge in [0.25, 0.3) is 0 Å². The molecule has 1 aromatic rings. The van der Waals surface area contributed by atoms with Crippen molar-refractivity contribution >= 4 is 12.6 Å². The second-order valence-corrected chi connectivity index (χ2v) is 3.62. The summed E-state index contributed by atoms with van der Waals surface area (Å²) in [6.07, 6.45) is 1.41. The molecule has 0 aliphatic carbocycles. The normalized spacial score (nSPS) is 10.1. The van der Waals surface area contributed by atoms with Crippen LogP contribution < -0.4 is 4.74 Å². The largest absolute Gasteiger partial charge is 0.495 e. The molecule has 0 heterocycles. The van der Waals surface area contributed by atoms with E-state index in [1.54, 1.807) is 12.1 Å². The van der Waals surface area contributed by atoms with Crippen molar-refractivity contribution in [2.24, 2.45) is 0 Å². The second-order valence-electron chi connectivity index (χ2n) is 3.62. The molecule has 0 unspecified atom stereocenters. The molecule has 0 aromatic heterocycles. The topological polar surface area (TPSA) is 43.4 Å². The Morgan fingerprint density at radius 3 is 1.87 bits per heavy atom. The third-order valence-corrected chi connectivity index (χ3v) is 2.29. The van der Waals surface area contributed by atoms with Gasteiger partial charge >= 0.3 is 0 Å². The molecular weight excluding hydrogens is 192 g/mol. The zero-order chi connectivity index (χ0) is 11.4. The molecule has 0 aliphatic heterocycles. The van der Waals surface area contributed by atoms with Gasteiger partial charge in [-0.2, -0.15) is 0 Å². The number of rotatable bonds is 4. The third-order valence-electron chi connectivity index (χ3n) is 2.29. The predicted molar refractivity (Wildman–Crippen MR) is 57.9 cm³/mol. The van der Waals surface area contributed by atoms with Crippen molar-refractivity contribution in [2.45, 2.75) is 19.8 Å². The van der Waals surface area contributed by atoms with Crippen LogP contribution >= 0.6 is 0 Å². The molecule has 0 spiro atoms. The van der Waals surface area contributed by atoms with Crippen molar-refractivity contribution in [3.8, 4) is 5.75 Å². The molecule has 3 nitrogen and oxygen atoms in total. The zero-order valence-electron chi connectivity index (χ0n) is 9.11. The summed E-state index contributed by atoms with van der Waals surface area (Å²) in [6.45, 7) is 4.01. The number of carbonyl (C=O) groups excluding carboxylic acids is 2. The molecule has 1 aromatic carbocycles. The summed E-state index contributed by atoms with van der Waals surface area (Å²) in [5.41, 5.74) is 1.80. The molecule has 0 saturated carbocycles. The predicted octanol–water partition coefficient (Wildman–Crippen LogP) is 2.44. The van der Waals surface area contributed by atoms with Gasteiger partial charge in [-0.15, -0.1) is 0 Å². The number of ether oxygens (including phenoxy) is 1. The lowest BCUT2D eigenvalue weighted by molar-refractivity contribution is 0.111. The van der Waals surface area contributed by atoms with E-state index in [1.807, 2.05) is 13.8 Å². The van der Waals surface area contributed by atoms with Crippen LogP contribution in [0.1, 0.15) is 46.0 Å². The Morgan fingerprint density at radius 2 is 1.60 bits per heavy atom. The van der Waals surface area contributed by atoms with E-state index in [9.17, 15) is 9.59 Å². The number of methoxy groups -OCH3 is 1. The van der Waals surface area contributed by atoms with Crippen molar-refractivity contribution in [1.82, 2.24) is 0 Å². The van der Waals surface area contributed by atoms with E-state index in [2.05, 4.69) is 0 Å². The molecule has 80 valence electrons. The molecular formula is C12H14O3. The summed E-state index contributed by atoms with van der Waals surface area (Å²) in [4.78, 5) is 21.7. The van der Waals surface area contributed by atoms with Gasteiger partial charge < -0.3 is 4.74 Å². The molecule has 0 fully saturated rings. The zero-order valence-corrected chi connectivity index (χ0v) is 9.11. The van der Waals surface area contributed by atoms with Crippen LogP contribution in [0, 0.1) is 0 Å². The second kappa shape index (κ2) is 4.73. The highest BCUT2D eigenvalue weighted by Crippen LogP contribution is 2.26. The van der Waals surface area contributed by atoms with E-state index < -0.39 is 0 Å². The Kier molecular flexibility index (Phi) is 3.61. The van der Waals surface area contributed by atoms with Gasteiger partial charge in [0.2, 0.25) is 0 Å². The summed E-state index contributed by atoms with van der Waals surface area (Å²) in [5.74, 6) is 0.623. The van der Waals surface area contributed by atoms with Crippen LogP contribution in [0.2, 0.25) is 0 Å². The average Bonchev–Trinajstić information content (AvgIpc) is 2.26. The highest BCUT2D eigenvalue weighted by atomic mass is 16.5. The molecule has 0 saturated heterocycles. The van der Waals surface area contributed by atoms with Crippen LogP contribution in [-0.4, -0.2) is 19.7 Å². The highest BCUT2D eigenvalue weighted by molar-refractivity contribution is 5.89. The van der Waals surface area contributed by atoms with Crippen molar-refractivity contribution in [3.63, 3.8) is 0 Å². The summed E-state index contributed by atoms with van der Waals surface area (Å²) in [6, 6.07) is 3.51. The van der Waals surface area contributed by atoms with E-state index in [0.29, 0.717) is 29.4 Å². The molecule has 0 amide bonds. The lowest BCUT2D eigenvalue weighted by Gasteiger charge is -2.11. The van der Waals surface area contributed by atoms with Gasteiger partial charge in [-0.3, -0.25) is 9.59 Å². The molecule has 0 bridgehead atoms. The number of benzene rings is 1.